The molecule has 2 aromatic heterocycles. The minimum Gasteiger partial charge on any atom is -0.355 e. The van der Waals surface area contributed by atoms with E-state index in [1.54, 1.807) is 6.07 Å². The number of pyridine rings is 1. The molecule has 0 atom stereocenters. The maximum Gasteiger partial charge on any atom is 0.213 e. The summed E-state index contributed by atoms with van der Waals surface area (Å²) >= 11 is 12.2. The predicted molar refractivity (Wildman–Crippen MR) is 170 cm³/mol. The molecule has 5 nitrogen and oxygen atoms in total. The van der Waals surface area contributed by atoms with Crippen LogP contribution in [-0.2, 0) is 31.4 Å². The molecule has 0 radical (unpaired) electrons. The summed E-state index contributed by atoms with van der Waals surface area (Å²) in [5.41, 5.74) is 8.45. The van der Waals surface area contributed by atoms with Crippen LogP contribution >= 0.6 is 23.2 Å². The molecule has 3 aromatic carbocycles. The van der Waals surface area contributed by atoms with E-state index in [9.17, 15) is 9.18 Å². The first kappa shape index (κ1) is 29.5. The number of aromatic nitrogens is 2. The number of rotatable bonds is 7. The van der Waals surface area contributed by atoms with Gasteiger partial charge in [0, 0.05) is 72.5 Å². The average molecular weight is 602 g/mol. The van der Waals surface area contributed by atoms with Gasteiger partial charge in [-0.3, -0.25) is 9.69 Å². The molecule has 0 spiro atoms. The molecule has 0 fully saturated rings. The third kappa shape index (κ3) is 7.26. The number of carbonyl (C=O) groups is 1. The Morgan fingerprint density at radius 2 is 1.79 bits per heavy atom. The molecule has 214 valence electrons. The first-order valence-corrected chi connectivity index (χ1v) is 14.4. The van der Waals surface area contributed by atoms with Crippen molar-refractivity contribution < 1.29 is 9.18 Å². The van der Waals surface area contributed by atoms with Crippen LogP contribution < -0.4 is 5.32 Å². The summed E-state index contributed by atoms with van der Waals surface area (Å²) in [7, 11) is 2.19. The number of fused-ring (bicyclic) bond motifs is 3. The van der Waals surface area contributed by atoms with Gasteiger partial charge in [-0.05, 0) is 76.3 Å². The van der Waals surface area contributed by atoms with E-state index in [0.717, 1.165) is 41.7 Å². The van der Waals surface area contributed by atoms with Crippen molar-refractivity contribution in [2.24, 2.45) is 7.05 Å². The summed E-state index contributed by atoms with van der Waals surface area (Å²) in [5.74, 6) is -0.532. The van der Waals surface area contributed by atoms with Crippen molar-refractivity contribution in [3.63, 3.8) is 0 Å². The summed E-state index contributed by atoms with van der Waals surface area (Å²) in [6, 6.07) is 25.7. The van der Waals surface area contributed by atoms with Crippen molar-refractivity contribution >= 4 is 46.6 Å². The Kier molecular flexibility index (Phi) is 9.70. The Balaban J connectivity index is 0.000000271. The van der Waals surface area contributed by atoms with Crippen molar-refractivity contribution in [1.29, 1.82) is 0 Å². The Bertz CT molecular complexity index is 1720. The summed E-state index contributed by atoms with van der Waals surface area (Å²) in [6.45, 7) is 3.31. The lowest BCUT2D eigenvalue weighted by atomic mass is 10.00. The van der Waals surface area contributed by atoms with E-state index in [2.05, 4.69) is 75.4 Å². The van der Waals surface area contributed by atoms with Gasteiger partial charge in [-0.1, -0.05) is 65.7 Å². The van der Waals surface area contributed by atoms with E-state index in [-0.39, 0.29) is 0 Å². The van der Waals surface area contributed by atoms with Gasteiger partial charge in [0.15, 0.2) is 0 Å². The van der Waals surface area contributed by atoms with Crippen LogP contribution in [0.15, 0.2) is 91.1 Å². The van der Waals surface area contributed by atoms with E-state index in [1.165, 1.54) is 45.6 Å². The Hall–Kier alpha value is -3.97. The highest BCUT2D eigenvalue weighted by atomic mass is 35.5. The molecule has 1 aliphatic rings. The molecule has 8 heteroatoms. The van der Waals surface area contributed by atoms with Crippen LogP contribution in [0.3, 0.4) is 0 Å². The third-order valence-electron chi connectivity index (χ3n) is 7.37. The monoisotopic (exact) mass is 600 g/mol. The fourth-order valence-corrected chi connectivity index (χ4v) is 5.58. The van der Waals surface area contributed by atoms with Gasteiger partial charge in [0.25, 0.3) is 0 Å². The minimum atomic E-state index is -0.532. The van der Waals surface area contributed by atoms with Crippen LogP contribution in [0.4, 0.5) is 4.39 Å². The zero-order chi connectivity index (χ0) is 29.5. The van der Waals surface area contributed by atoms with Gasteiger partial charge in [0.1, 0.15) is 0 Å². The lowest BCUT2D eigenvalue weighted by molar-refractivity contribution is -0.109. The van der Waals surface area contributed by atoms with Gasteiger partial charge in [0.2, 0.25) is 12.4 Å². The minimum absolute atomic E-state index is 0.336. The summed E-state index contributed by atoms with van der Waals surface area (Å²) in [5, 5.41) is 5.31. The van der Waals surface area contributed by atoms with Crippen LogP contribution in [0, 0.1) is 5.95 Å². The Morgan fingerprint density at radius 1 is 0.976 bits per heavy atom. The zero-order valence-electron chi connectivity index (χ0n) is 23.2. The number of hydrogen-bond acceptors (Lipinski definition) is 3. The number of benzene rings is 3. The third-order valence-corrected chi connectivity index (χ3v) is 7.85. The van der Waals surface area contributed by atoms with Crippen molar-refractivity contribution in [3.05, 3.63) is 130 Å². The molecular weight excluding hydrogens is 570 g/mol. The molecule has 0 saturated carbocycles. The van der Waals surface area contributed by atoms with Crippen molar-refractivity contribution in [1.82, 2.24) is 19.8 Å². The second-order valence-electron chi connectivity index (χ2n) is 10.2. The number of hydrogen-bond donors (Lipinski definition) is 1. The van der Waals surface area contributed by atoms with Crippen molar-refractivity contribution in [3.8, 4) is 11.1 Å². The maximum absolute atomic E-state index is 12.4. The second kappa shape index (κ2) is 13.8. The molecule has 42 heavy (non-hydrogen) atoms. The number of nitrogens with one attached hydrogen (secondary N) is 1. The van der Waals surface area contributed by atoms with Crippen LogP contribution in [0.5, 0.6) is 0 Å². The molecule has 0 bridgehead atoms. The van der Waals surface area contributed by atoms with Gasteiger partial charge in [0.05, 0.1) is 0 Å². The summed E-state index contributed by atoms with van der Waals surface area (Å²) in [6.07, 6.45) is 7.42. The lowest BCUT2D eigenvalue weighted by Gasteiger charge is -2.26. The topological polar surface area (TPSA) is 50.2 Å². The predicted octanol–water partition coefficient (Wildman–Crippen LogP) is 7.69. The van der Waals surface area contributed by atoms with Crippen LogP contribution in [0.1, 0.15) is 22.4 Å². The van der Waals surface area contributed by atoms with Crippen LogP contribution in [0.25, 0.3) is 28.1 Å². The van der Waals surface area contributed by atoms with Crippen molar-refractivity contribution in [2.75, 3.05) is 13.1 Å². The molecular formula is C34H31Cl2FN4O. The zero-order valence-corrected chi connectivity index (χ0v) is 24.7. The van der Waals surface area contributed by atoms with E-state index >= 15 is 0 Å². The smallest absolute Gasteiger partial charge is 0.213 e. The average Bonchev–Trinajstić information content (AvgIpc) is 3.28. The van der Waals surface area contributed by atoms with Crippen LogP contribution in [0.2, 0.25) is 10.0 Å². The molecule has 3 heterocycles. The number of nitrogens with zero attached hydrogens (tertiary/aromatic N) is 3. The molecule has 6 rings (SSSR count). The SMILES string of the molecule is Cn1c2c(c3cc(-c4cccc(Cl)c4)ccc31)CN(C/C=C/c1ccc(Cl)cc1)CC2.O=CNCc1ccnc(F)c1. The van der Waals surface area contributed by atoms with Crippen LogP contribution in [-0.4, -0.2) is 34.0 Å². The summed E-state index contributed by atoms with van der Waals surface area (Å²) < 4.78 is 14.7. The Morgan fingerprint density at radius 3 is 2.55 bits per heavy atom. The highest BCUT2D eigenvalue weighted by Crippen LogP contribution is 2.34. The van der Waals surface area contributed by atoms with Gasteiger partial charge in [-0.15, -0.1) is 0 Å². The number of amides is 1. The van der Waals surface area contributed by atoms with Gasteiger partial charge < -0.3 is 9.88 Å². The number of carbonyl (C=O) groups excluding carboxylic acids is 1. The second-order valence-corrected chi connectivity index (χ2v) is 11.0. The maximum atomic E-state index is 12.4. The standard InChI is InChI=1S/C27H24Cl2N2.C7H7FN2O/c1-30-26-12-9-21(20-5-2-6-23(29)16-20)17-24(26)25-18-31(15-13-27(25)30)14-3-4-19-7-10-22(28)11-8-19;8-7-3-6(1-2-10-7)4-9-5-11/h2-12,16-17H,13-15,18H2,1H3;1-3,5H,4H2,(H,9,11)/b4-3+;. The van der Waals surface area contributed by atoms with E-state index < -0.39 is 5.95 Å². The van der Waals surface area contributed by atoms with Gasteiger partial charge >= 0.3 is 0 Å². The number of halogens is 3. The normalized spacial score (nSPS) is 13.0. The lowest BCUT2D eigenvalue weighted by Crippen LogP contribution is -2.31. The summed E-state index contributed by atoms with van der Waals surface area (Å²) in [4.78, 5) is 15.7. The highest BCUT2D eigenvalue weighted by Gasteiger charge is 2.22. The van der Waals surface area contributed by atoms with E-state index in [0.29, 0.717) is 18.5 Å². The highest BCUT2D eigenvalue weighted by molar-refractivity contribution is 6.31. The molecule has 0 unspecified atom stereocenters. The fourth-order valence-electron chi connectivity index (χ4n) is 5.26. The molecule has 1 N–H and O–H groups in total. The largest absolute Gasteiger partial charge is 0.355 e. The number of aryl methyl sites for hydroxylation is 1. The van der Waals surface area contributed by atoms with Gasteiger partial charge in [-0.25, -0.2) is 4.98 Å². The molecule has 1 amide bonds. The molecule has 0 saturated heterocycles. The first-order chi connectivity index (χ1) is 20.4. The fraction of sp³-hybridized carbons (Fsp3) is 0.176. The molecule has 1 aliphatic heterocycles. The molecule has 0 aliphatic carbocycles. The first-order valence-electron chi connectivity index (χ1n) is 13.7. The van der Waals surface area contributed by atoms with Gasteiger partial charge in [-0.2, -0.15) is 4.39 Å². The van der Waals surface area contributed by atoms with E-state index in [4.69, 9.17) is 23.2 Å². The quantitative estimate of drug-likeness (QED) is 0.154. The van der Waals surface area contributed by atoms with E-state index in [1.807, 2.05) is 30.3 Å². The van der Waals surface area contributed by atoms with Crippen molar-refractivity contribution in [2.45, 2.75) is 19.5 Å². The molecule has 5 aromatic rings. The Labute approximate surface area is 255 Å².